The lowest BCUT2D eigenvalue weighted by molar-refractivity contribution is -0.150. The molecule has 194 valence electrons. The number of thioether (sulfide) groups is 1. The summed E-state index contributed by atoms with van der Waals surface area (Å²) in [7, 11) is 1.60. The summed E-state index contributed by atoms with van der Waals surface area (Å²) in [6.07, 6.45) is 0.0838. The normalized spacial score (nSPS) is 17.1. The number of amides is 1. The zero-order valence-electron chi connectivity index (χ0n) is 21.5. The molecule has 9 heteroatoms. The van der Waals surface area contributed by atoms with Crippen molar-refractivity contribution in [2.24, 2.45) is 4.99 Å². The highest BCUT2D eigenvalue weighted by Gasteiger charge is 2.41. The number of carbonyl (C=O) groups is 2. The topological polar surface area (TPSA) is 80.2 Å². The zero-order valence-corrected chi connectivity index (χ0v) is 22.3. The molecule has 37 heavy (non-hydrogen) atoms. The molecule has 0 aliphatic carbocycles. The molecular formula is C28H30FN3O4S. The minimum atomic E-state index is -0.683. The summed E-state index contributed by atoms with van der Waals surface area (Å²) < 4.78 is 24.3. The summed E-state index contributed by atoms with van der Waals surface area (Å²) in [4.78, 5) is 32.9. The lowest BCUT2D eigenvalue weighted by atomic mass is 9.93. The Labute approximate surface area is 220 Å². The van der Waals surface area contributed by atoms with Gasteiger partial charge >= 0.3 is 5.97 Å². The first-order valence-electron chi connectivity index (χ1n) is 11.9. The van der Waals surface area contributed by atoms with Crippen molar-refractivity contribution >= 4 is 28.8 Å². The van der Waals surface area contributed by atoms with E-state index in [1.54, 1.807) is 26.2 Å². The van der Waals surface area contributed by atoms with Crippen LogP contribution in [0.5, 0.6) is 5.75 Å². The van der Waals surface area contributed by atoms with Gasteiger partial charge in [-0.25, -0.2) is 14.2 Å². The van der Waals surface area contributed by atoms with Gasteiger partial charge in [0.2, 0.25) is 5.91 Å². The second-order valence-corrected chi connectivity index (χ2v) is 10.6. The fourth-order valence-electron chi connectivity index (χ4n) is 4.10. The molecule has 2 heterocycles. The molecule has 1 atom stereocenters. The van der Waals surface area contributed by atoms with Crippen LogP contribution in [-0.2, 0) is 20.9 Å². The Balaban J connectivity index is 1.61. The Hall–Kier alpha value is -3.59. The lowest BCUT2D eigenvalue weighted by Crippen LogP contribution is -2.39. The third kappa shape index (κ3) is 6.22. The first kappa shape index (κ1) is 26.5. The molecule has 1 amide bonds. The van der Waals surface area contributed by atoms with Gasteiger partial charge in [-0.3, -0.25) is 4.79 Å². The van der Waals surface area contributed by atoms with Gasteiger partial charge in [0.15, 0.2) is 5.17 Å². The van der Waals surface area contributed by atoms with Crippen LogP contribution in [0.2, 0.25) is 0 Å². The van der Waals surface area contributed by atoms with Crippen molar-refractivity contribution in [1.82, 2.24) is 10.2 Å². The number of allylic oxidation sites excluding steroid dienone is 1. The number of ether oxygens (including phenoxy) is 2. The molecule has 2 aliphatic rings. The van der Waals surface area contributed by atoms with Gasteiger partial charge in [0.1, 0.15) is 17.2 Å². The Morgan fingerprint density at radius 1 is 1.11 bits per heavy atom. The molecule has 0 spiro atoms. The molecule has 0 saturated heterocycles. The van der Waals surface area contributed by atoms with E-state index in [1.165, 1.54) is 23.9 Å². The number of methoxy groups -OCH3 is 1. The Kier molecular flexibility index (Phi) is 7.73. The summed E-state index contributed by atoms with van der Waals surface area (Å²) in [5.41, 5.74) is 2.67. The van der Waals surface area contributed by atoms with Gasteiger partial charge in [-0.2, -0.15) is 0 Å². The number of amidine groups is 1. The zero-order chi connectivity index (χ0) is 26.7. The van der Waals surface area contributed by atoms with Crippen molar-refractivity contribution in [3.63, 3.8) is 0 Å². The average molecular weight is 524 g/mol. The van der Waals surface area contributed by atoms with E-state index in [9.17, 15) is 14.0 Å². The third-order valence-electron chi connectivity index (χ3n) is 5.80. The van der Waals surface area contributed by atoms with Crippen molar-refractivity contribution < 1.29 is 23.5 Å². The summed E-state index contributed by atoms with van der Waals surface area (Å²) in [5, 5.41) is 5.46. The average Bonchev–Trinajstić information content (AvgIpc) is 3.23. The monoisotopic (exact) mass is 523 g/mol. The van der Waals surface area contributed by atoms with Crippen LogP contribution in [-0.4, -0.2) is 34.7 Å². The van der Waals surface area contributed by atoms with Crippen molar-refractivity contribution in [3.8, 4) is 5.75 Å². The van der Waals surface area contributed by atoms with Crippen LogP contribution in [0, 0.1) is 5.82 Å². The number of benzene rings is 2. The van der Waals surface area contributed by atoms with Gasteiger partial charge < -0.3 is 19.7 Å². The molecule has 0 bridgehead atoms. The maximum atomic E-state index is 13.4. The SMILES string of the molecule is COc1ccc(C2C(C(=O)OC(C)(C)C)=C(C)N=C3SC=C(CC(=O)NCc4ccc(F)cc4)N32)cc1. The van der Waals surface area contributed by atoms with E-state index < -0.39 is 17.6 Å². The largest absolute Gasteiger partial charge is 0.497 e. The molecule has 2 aromatic rings. The second-order valence-electron chi connectivity index (χ2n) is 9.75. The van der Waals surface area contributed by atoms with Crippen LogP contribution < -0.4 is 10.1 Å². The van der Waals surface area contributed by atoms with Gasteiger partial charge in [0.25, 0.3) is 0 Å². The number of nitrogens with zero attached hydrogens (tertiary/aromatic N) is 2. The third-order valence-corrected chi connectivity index (χ3v) is 6.68. The van der Waals surface area contributed by atoms with Gasteiger partial charge in [-0.1, -0.05) is 36.0 Å². The van der Waals surface area contributed by atoms with E-state index in [4.69, 9.17) is 9.47 Å². The van der Waals surface area contributed by atoms with Crippen LogP contribution in [0.15, 0.2) is 75.9 Å². The Morgan fingerprint density at radius 2 is 1.78 bits per heavy atom. The summed E-state index contributed by atoms with van der Waals surface area (Å²) >= 11 is 1.41. The number of hydrogen-bond donors (Lipinski definition) is 1. The fourth-order valence-corrected chi connectivity index (χ4v) is 5.06. The summed E-state index contributed by atoms with van der Waals surface area (Å²) in [6.45, 7) is 7.55. The predicted molar refractivity (Wildman–Crippen MR) is 142 cm³/mol. The molecule has 2 aliphatic heterocycles. The van der Waals surface area contributed by atoms with Gasteiger partial charge in [-0.15, -0.1) is 0 Å². The molecule has 4 rings (SSSR count). The van der Waals surface area contributed by atoms with Crippen LogP contribution in [0.1, 0.15) is 51.3 Å². The minimum Gasteiger partial charge on any atom is -0.497 e. The van der Waals surface area contributed by atoms with Crippen molar-refractivity contribution in [3.05, 3.63) is 87.9 Å². The summed E-state index contributed by atoms with van der Waals surface area (Å²) in [6, 6.07) is 12.9. The van der Waals surface area contributed by atoms with E-state index in [1.807, 2.05) is 55.3 Å². The van der Waals surface area contributed by atoms with Crippen molar-refractivity contribution in [2.45, 2.75) is 52.3 Å². The number of fused-ring (bicyclic) bond motifs is 1. The van der Waals surface area contributed by atoms with E-state index in [0.717, 1.165) is 16.8 Å². The van der Waals surface area contributed by atoms with Crippen LogP contribution in [0.3, 0.4) is 0 Å². The lowest BCUT2D eigenvalue weighted by Gasteiger charge is -2.37. The maximum Gasteiger partial charge on any atom is 0.338 e. The quantitative estimate of drug-likeness (QED) is 0.486. The molecule has 0 fully saturated rings. The Morgan fingerprint density at radius 3 is 2.41 bits per heavy atom. The standard InChI is InChI=1S/C28H30FN3O4S/c1-17-24(26(34)36-28(2,3)4)25(19-8-12-22(35-5)13-9-19)32-21(16-37-27(32)31-17)14-23(33)30-15-18-6-10-20(29)11-7-18/h6-13,16,25H,14-15H2,1-5H3,(H,30,33). The molecule has 1 N–H and O–H groups in total. The molecular weight excluding hydrogens is 493 g/mol. The highest BCUT2D eigenvalue weighted by Crippen LogP contribution is 2.45. The van der Waals surface area contributed by atoms with Crippen LogP contribution in [0.25, 0.3) is 0 Å². The number of rotatable bonds is 7. The van der Waals surface area contributed by atoms with Crippen molar-refractivity contribution in [1.29, 1.82) is 0 Å². The van der Waals surface area contributed by atoms with Crippen LogP contribution in [0.4, 0.5) is 4.39 Å². The predicted octanol–water partition coefficient (Wildman–Crippen LogP) is 5.46. The molecule has 0 radical (unpaired) electrons. The van der Waals surface area contributed by atoms with E-state index in [0.29, 0.717) is 22.2 Å². The van der Waals surface area contributed by atoms with E-state index >= 15 is 0 Å². The number of halogens is 1. The molecule has 0 aromatic heterocycles. The van der Waals surface area contributed by atoms with E-state index in [-0.39, 0.29) is 24.7 Å². The summed E-state index contributed by atoms with van der Waals surface area (Å²) in [5.74, 6) is -0.282. The highest BCUT2D eigenvalue weighted by atomic mass is 32.2. The van der Waals surface area contributed by atoms with Crippen LogP contribution >= 0.6 is 11.8 Å². The highest BCUT2D eigenvalue weighted by molar-refractivity contribution is 8.16. The minimum absolute atomic E-state index is 0.0838. The number of aliphatic imine (C=N–C) groups is 1. The first-order valence-corrected chi connectivity index (χ1v) is 12.8. The molecule has 1 unspecified atom stereocenters. The number of carbonyl (C=O) groups excluding carboxylic acids is 2. The second kappa shape index (κ2) is 10.8. The number of nitrogens with one attached hydrogen (secondary N) is 1. The van der Waals surface area contributed by atoms with E-state index in [2.05, 4.69) is 10.3 Å². The number of esters is 1. The Bertz CT molecular complexity index is 1280. The first-order chi connectivity index (χ1) is 17.6. The van der Waals surface area contributed by atoms with Gasteiger partial charge in [0, 0.05) is 12.2 Å². The molecule has 0 saturated carbocycles. The molecule has 7 nitrogen and oxygen atoms in total. The van der Waals surface area contributed by atoms with Gasteiger partial charge in [0.05, 0.1) is 30.8 Å². The van der Waals surface area contributed by atoms with Crippen molar-refractivity contribution in [2.75, 3.05) is 7.11 Å². The van der Waals surface area contributed by atoms with Gasteiger partial charge in [-0.05, 0) is 68.5 Å². The number of hydrogen-bond acceptors (Lipinski definition) is 7. The smallest absolute Gasteiger partial charge is 0.338 e. The molecule has 2 aromatic carbocycles. The maximum absolute atomic E-state index is 13.4. The fraction of sp³-hybridized carbons (Fsp3) is 0.321.